The van der Waals surface area contributed by atoms with Crippen LogP contribution >= 0.6 is 7.26 Å². The zero-order valence-electron chi connectivity index (χ0n) is 38.5. The summed E-state index contributed by atoms with van der Waals surface area (Å²) in [4.78, 5) is 8.78. The molecule has 0 saturated heterocycles. The largest absolute Gasteiger partial charge is 0.542 e. The van der Waals surface area contributed by atoms with Gasteiger partial charge in [0.1, 0.15) is 5.97 Å². The fourth-order valence-electron chi connectivity index (χ4n) is 8.41. The SMILES string of the molecule is CCCCCCCCCCCC[P+](CCCCCCCCCCCC)(CCCCCCCCCCCC)CCCCCCCCCCCC.O=C([O-])C(F)(F)F. The molecule has 0 fully saturated rings. The molecule has 56 heavy (non-hydrogen) atoms. The lowest BCUT2D eigenvalue weighted by atomic mass is 10.1. The van der Waals surface area contributed by atoms with Crippen LogP contribution in [-0.4, -0.2) is 36.8 Å². The van der Waals surface area contributed by atoms with Gasteiger partial charge in [-0.15, -0.1) is 0 Å². The average molecular weight is 821 g/mol. The van der Waals surface area contributed by atoms with Crippen LogP contribution in [0.25, 0.3) is 0 Å². The summed E-state index contributed by atoms with van der Waals surface area (Å²) in [6.45, 7) is 9.36. The molecule has 0 amide bonds. The molecule has 0 heterocycles. The Morgan fingerprint density at radius 1 is 0.321 bits per heavy atom. The van der Waals surface area contributed by atoms with E-state index in [1.165, 1.54) is 231 Å². The van der Waals surface area contributed by atoms with Crippen molar-refractivity contribution in [3.05, 3.63) is 0 Å². The Hall–Kier alpha value is -0.310. The normalized spacial score (nSPS) is 11.9. The number of unbranched alkanes of at least 4 members (excludes halogenated alkanes) is 36. The Labute approximate surface area is 350 Å². The minimum atomic E-state index is -5.19. The van der Waals surface area contributed by atoms with E-state index in [4.69, 9.17) is 9.90 Å². The molecular formula is C50H100F3O2P. The Bertz CT molecular complexity index is 658. The Balaban J connectivity index is 0. The van der Waals surface area contributed by atoms with Crippen LogP contribution in [0, 0.1) is 0 Å². The van der Waals surface area contributed by atoms with E-state index in [9.17, 15) is 13.2 Å². The standard InChI is InChI=1S/C48H100P.C2HF3O2/c1-5-9-13-17-21-25-29-33-37-41-45-49(46-42-38-34-30-26-22-18-14-10-6-2,47-43-39-35-31-27-23-19-15-11-7-3)48-44-40-36-32-28-24-20-16-12-8-4;3-2(4,5)1(6)7/h5-48H2,1-4H3;(H,6,7)/q+1;/p-1. The van der Waals surface area contributed by atoms with Gasteiger partial charge in [-0.05, 0) is 51.4 Å². The van der Waals surface area contributed by atoms with Crippen molar-refractivity contribution in [2.45, 2.75) is 291 Å². The molecule has 0 aromatic heterocycles. The van der Waals surface area contributed by atoms with Gasteiger partial charge in [-0.1, -0.05) is 233 Å². The van der Waals surface area contributed by atoms with Gasteiger partial charge in [0.25, 0.3) is 0 Å². The number of aliphatic carboxylic acids is 1. The second-order valence-corrected chi connectivity index (χ2v) is 22.2. The van der Waals surface area contributed by atoms with Gasteiger partial charge in [0.2, 0.25) is 0 Å². The van der Waals surface area contributed by atoms with Crippen molar-refractivity contribution in [2.75, 3.05) is 24.6 Å². The van der Waals surface area contributed by atoms with Crippen molar-refractivity contribution < 1.29 is 23.1 Å². The summed E-state index contributed by atoms with van der Waals surface area (Å²) in [6, 6.07) is 0. The van der Waals surface area contributed by atoms with Crippen LogP contribution in [0.4, 0.5) is 13.2 Å². The molecule has 0 aromatic carbocycles. The van der Waals surface area contributed by atoms with Crippen LogP contribution in [-0.2, 0) is 4.79 Å². The van der Waals surface area contributed by atoms with E-state index in [0.717, 1.165) is 0 Å². The smallest absolute Gasteiger partial charge is 0.430 e. The van der Waals surface area contributed by atoms with Crippen molar-refractivity contribution in [2.24, 2.45) is 0 Å². The number of carboxylic acid groups (broad SMARTS) is 1. The molecule has 0 saturated carbocycles. The number of rotatable bonds is 44. The van der Waals surface area contributed by atoms with Gasteiger partial charge in [0.15, 0.2) is 0 Å². The molecule has 0 bridgehead atoms. The molecule has 0 unspecified atom stereocenters. The van der Waals surface area contributed by atoms with E-state index >= 15 is 0 Å². The lowest BCUT2D eigenvalue weighted by Crippen LogP contribution is -2.37. The summed E-state index contributed by atoms with van der Waals surface area (Å²) in [7, 11) is -0.792. The van der Waals surface area contributed by atoms with Gasteiger partial charge in [0, 0.05) is 7.26 Å². The first-order valence-corrected chi connectivity index (χ1v) is 27.8. The molecule has 0 aliphatic heterocycles. The van der Waals surface area contributed by atoms with Gasteiger partial charge in [-0.25, -0.2) is 0 Å². The van der Waals surface area contributed by atoms with Gasteiger partial charge in [-0.3, -0.25) is 0 Å². The minimum absolute atomic E-state index is 0.792. The monoisotopic (exact) mass is 821 g/mol. The third-order valence-electron chi connectivity index (χ3n) is 12.2. The predicted molar refractivity (Wildman–Crippen MR) is 245 cm³/mol. The van der Waals surface area contributed by atoms with Crippen LogP contribution in [0.3, 0.4) is 0 Å². The summed E-state index contributed by atoms with van der Waals surface area (Å²) in [5.74, 6) is -3.01. The van der Waals surface area contributed by atoms with Gasteiger partial charge in [0.05, 0.1) is 24.6 Å². The van der Waals surface area contributed by atoms with Crippen LogP contribution in [0.2, 0.25) is 0 Å². The highest BCUT2D eigenvalue weighted by Gasteiger charge is 2.35. The Kier molecular flexibility index (Phi) is 47.2. The van der Waals surface area contributed by atoms with Crippen LogP contribution < -0.4 is 5.11 Å². The number of hydrogen-bond donors (Lipinski definition) is 0. The fraction of sp³-hybridized carbons (Fsp3) is 0.980. The molecule has 2 nitrogen and oxygen atoms in total. The summed E-state index contributed by atoms with van der Waals surface area (Å²) in [6.07, 6.45) is 61.0. The topological polar surface area (TPSA) is 40.1 Å². The van der Waals surface area contributed by atoms with Crippen molar-refractivity contribution in [1.29, 1.82) is 0 Å². The fourth-order valence-corrected chi connectivity index (χ4v) is 13.3. The highest BCUT2D eigenvalue weighted by molar-refractivity contribution is 7.75. The second kappa shape index (κ2) is 45.8. The number of hydrogen-bond acceptors (Lipinski definition) is 2. The minimum Gasteiger partial charge on any atom is -0.542 e. The van der Waals surface area contributed by atoms with E-state index in [2.05, 4.69) is 27.7 Å². The molecule has 0 N–H and O–H groups in total. The molecule has 0 spiro atoms. The first-order valence-electron chi connectivity index (χ1n) is 25.3. The van der Waals surface area contributed by atoms with Gasteiger partial charge in [-0.2, -0.15) is 13.2 Å². The number of halogens is 3. The van der Waals surface area contributed by atoms with E-state index in [1.807, 2.05) is 0 Å². The summed E-state index contributed by atoms with van der Waals surface area (Å²) in [5.41, 5.74) is 0. The molecule has 0 aliphatic rings. The zero-order chi connectivity index (χ0) is 41.7. The third kappa shape index (κ3) is 44.8. The number of alkyl halides is 3. The lowest BCUT2D eigenvalue weighted by molar-refractivity contribution is -0.344. The number of carbonyl (C=O) groups excluding carboxylic acids is 1. The number of carboxylic acids is 1. The van der Waals surface area contributed by atoms with Crippen molar-refractivity contribution >= 4 is 13.2 Å². The summed E-state index contributed by atoms with van der Waals surface area (Å²) < 4.78 is 31.5. The van der Waals surface area contributed by atoms with Crippen molar-refractivity contribution in [1.82, 2.24) is 0 Å². The van der Waals surface area contributed by atoms with Crippen LogP contribution in [0.5, 0.6) is 0 Å². The third-order valence-corrected chi connectivity index (χ3v) is 17.2. The highest BCUT2D eigenvalue weighted by Crippen LogP contribution is 2.61. The van der Waals surface area contributed by atoms with Gasteiger partial charge < -0.3 is 9.90 Å². The predicted octanol–water partition coefficient (Wildman–Crippen LogP) is 18.0. The maximum Gasteiger partial charge on any atom is 0.430 e. The molecule has 0 radical (unpaired) electrons. The van der Waals surface area contributed by atoms with E-state index in [1.54, 1.807) is 50.3 Å². The average Bonchev–Trinajstić information content (AvgIpc) is 3.17. The zero-order valence-corrected chi connectivity index (χ0v) is 39.4. The Morgan fingerprint density at radius 2 is 0.446 bits per heavy atom. The van der Waals surface area contributed by atoms with Crippen LogP contribution in [0.15, 0.2) is 0 Å². The molecule has 0 rings (SSSR count). The second-order valence-electron chi connectivity index (χ2n) is 17.7. The first-order chi connectivity index (χ1) is 27.2. The van der Waals surface area contributed by atoms with E-state index < -0.39 is 19.4 Å². The highest BCUT2D eigenvalue weighted by atomic mass is 31.2. The maximum atomic E-state index is 10.5. The summed E-state index contributed by atoms with van der Waals surface area (Å²) >= 11 is 0. The quantitative estimate of drug-likeness (QED) is 0.0454. The Morgan fingerprint density at radius 3 is 0.571 bits per heavy atom. The van der Waals surface area contributed by atoms with E-state index in [-0.39, 0.29) is 0 Å². The molecular weight excluding hydrogens is 721 g/mol. The molecule has 338 valence electrons. The number of carbonyl (C=O) groups is 1. The molecule has 6 heteroatoms. The lowest BCUT2D eigenvalue weighted by Gasteiger charge is -2.28. The first kappa shape index (κ1) is 57.8. The van der Waals surface area contributed by atoms with Crippen molar-refractivity contribution in [3.63, 3.8) is 0 Å². The molecule has 0 aromatic rings. The van der Waals surface area contributed by atoms with Crippen LogP contribution in [0.1, 0.15) is 285 Å². The molecule has 0 atom stereocenters. The van der Waals surface area contributed by atoms with Gasteiger partial charge >= 0.3 is 6.18 Å². The van der Waals surface area contributed by atoms with E-state index in [0.29, 0.717) is 0 Å². The maximum absolute atomic E-state index is 10.5. The summed E-state index contributed by atoms with van der Waals surface area (Å²) in [5, 5.41) is 8.78. The van der Waals surface area contributed by atoms with Crippen molar-refractivity contribution in [3.8, 4) is 0 Å². The molecule has 0 aliphatic carbocycles.